The van der Waals surface area contributed by atoms with Crippen LogP contribution in [0.2, 0.25) is 0 Å². The van der Waals surface area contributed by atoms with E-state index in [1.807, 2.05) is 0 Å². The summed E-state index contributed by atoms with van der Waals surface area (Å²) < 4.78 is 5.70. The number of para-hydroxylation sites is 1. The summed E-state index contributed by atoms with van der Waals surface area (Å²) >= 11 is 0. The van der Waals surface area contributed by atoms with Gasteiger partial charge in [0.15, 0.2) is 0 Å². The molecule has 3 heteroatoms. The molecule has 1 aliphatic rings. The summed E-state index contributed by atoms with van der Waals surface area (Å²) in [4.78, 5) is 3.44. The fraction of sp³-hybridized carbons (Fsp3) is 0.385. The molecule has 0 aliphatic carbocycles. The number of benzene rings is 1. The van der Waals surface area contributed by atoms with Gasteiger partial charge in [0, 0.05) is 30.7 Å². The number of hydrogen-bond acceptors (Lipinski definition) is 2. The number of fused-ring (bicyclic) bond motifs is 1. The number of H-pyrrole nitrogens is 1. The van der Waals surface area contributed by atoms with Crippen LogP contribution in [0, 0.1) is 0 Å². The molecule has 0 amide bonds. The first kappa shape index (κ1) is 9.87. The third-order valence-electron chi connectivity index (χ3n) is 3.04. The Labute approximate surface area is 94.8 Å². The monoisotopic (exact) mass is 216 g/mol. The zero-order valence-electron chi connectivity index (χ0n) is 9.20. The highest BCUT2D eigenvalue weighted by molar-refractivity contribution is 5.80. The quantitative estimate of drug-likeness (QED) is 0.801. The second-order valence-electron chi connectivity index (χ2n) is 4.28. The topological polar surface area (TPSA) is 37.0 Å². The summed E-state index contributed by atoms with van der Waals surface area (Å²) in [5, 5.41) is 4.63. The van der Waals surface area contributed by atoms with Crippen molar-refractivity contribution in [3.63, 3.8) is 0 Å². The van der Waals surface area contributed by atoms with Crippen molar-refractivity contribution in [3.05, 3.63) is 36.0 Å². The molecule has 2 N–H and O–H groups in total. The van der Waals surface area contributed by atoms with Crippen molar-refractivity contribution < 1.29 is 4.74 Å². The number of hydrogen-bond donors (Lipinski definition) is 2. The number of aromatic nitrogens is 1. The van der Waals surface area contributed by atoms with Crippen molar-refractivity contribution in [2.75, 3.05) is 19.7 Å². The van der Waals surface area contributed by atoms with Crippen molar-refractivity contribution in [1.82, 2.24) is 10.3 Å². The smallest absolute Gasteiger partial charge is 0.0754 e. The first-order valence-corrected chi connectivity index (χ1v) is 5.81. The van der Waals surface area contributed by atoms with Crippen molar-refractivity contribution >= 4 is 10.9 Å². The van der Waals surface area contributed by atoms with Crippen LogP contribution >= 0.6 is 0 Å². The molecule has 1 fully saturated rings. The highest BCUT2D eigenvalue weighted by Crippen LogP contribution is 2.16. The number of morpholine rings is 1. The molecule has 2 aromatic rings. The summed E-state index contributed by atoms with van der Waals surface area (Å²) in [6.45, 7) is 2.75. The molecule has 1 aromatic heterocycles. The van der Waals surface area contributed by atoms with Crippen molar-refractivity contribution in [3.8, 4) is 0 Å². The number of aromatic amines is 1. The maximum atomic E-state index is 5.70. The second-order valence-corrected chi connectivity index (χ2v) is 4.28. The number of ether oxygens (including phenoxy) is 1. The van der Waals surface area contributed by atoms with Crippen LogP contribution in [0.5, 0.6) is 0 Å². The highest BCUT2D eigenvalue weighted by Gasteiger charge is 2.14. The lowest BCUT2D eigenvalue weighted by Crippen LogP contribution is -2.39. The summed E-state index contributed by atoms with van der Waals surface area (Å²) in [7, 11) is 0. The van der Waals surface area contributed by atoms with Crippen LogP contribution in [0.4, 0.5) is 0 Å². The van der Waals surface area contributed by atoms with Gasteiger partial charge >= 0.3 is 0 Å². The molecule has 0 radical (unpaired) electrons. The molecule has 3 nitrogen and oxygen atoms in total. The minimum absolute atomic E-state index is 0.307. The largest absolute Gasteiger partial charge is 0.375 e. The predicted octanol–water partition coefficient (Wildman–Crippen LogP) is 1.70. The summed E-state index contributed by atoms with van der Waals surface area (Å²) in [5.41, 5.74) is 2.47. The van der Waals surface area contributed by atoms with Crippen molar-refractivity contribution in [2.45, 2.75) is 12.5 Å². The maximum absolute atomic E-state index is 5.70. The molecule has 0 bridgehead atoms. The van der Waals surface area contributed by atoms with Gasteiger partial charge in [-0.1, -0.05) is 18.2 Å². The lowest BCUT2D eigenvalue weighted by Gasteiger charge is -2.23. The van der Waals surface area contributed by atoms with Crippen LogP contribution in [-0.4, -0.2) is 30.8 Å². The SMILES string of the molecule is c1ccc2[nH]c(CC3CNCCO3)cc2c1. The maximum Gasteiger partial charge on any atom is 0.0754 e. The lowest BCUT2D eigenvalue weighted by molar-refractivity contribution is 0.0288. The minimum atomic E-state index is 0.307. The van der Waals surface area contributed by atoms with Crippen molar-refractivity contribution in [2.24, 2.45) is 0 Å². The average Bonchev–Trinajstić information content (AvgIpc) is 2.72. The van der Waals surface area contributed by atoms with Crippen molar-refractivity contribution in [1.29, 1.82) is 0 Å². The molecule has 84 valence electrons. The zero-order valence-corrected chi connectivity index (χ0v) is 9.20. The van der Waals surface area contributed by atoms with Crippen LogP contribution < -0.4 is 5.32 Å². The fourth-order valence-electron chi connectivity index (χ4n) is 2.24. The standard InChI is InChI=1S/C13H16N2O/c1-2-4-13-10(3-1)7-11(15-13)8-12-9-14-5-6-16-12/h1-4,7,12,14-15H,5-6,8-9H2. The van der Waals surface area contributed by atoms with Gasteiger partial charge in [0.1, 0.15) is 0 Å². The van der Waals surface area contributed by atoms with E-state index < -0.39 is 0 Å². The molecule has 0 spiro atoms. The van der Waals surface area contributed by atoms with Gasteiger partial charge in [0.05, 0.1) is 12.7 Å². The molecule has 1 atom stereocenters. The third kappa shape index (κ3) is 1.96. The Bertz CT molecular complexity index is 438. The first-order chi connectivity index (χ1) is 7.92. The van der Waals surface area contributed by atoms with Gasteiger partial charge < -0.3 is 15.0 Å². The Morgan fingerprint density at radius 2 is 2.25 bits per heavy atom. The van der Waals surface area contributed by atoms with Gasteiger partial charge in [-0.15, -0.1) is 0 Å². The molecule has 1 aromatic carbocycles. The zero-order chi connectivity index (χ0) is 10.8. The molecular weight excluding hydrogens is 200 g/mol. The second kappa shape index (κ2) is 4.28. The molecule has 1 aliphatic heterocycles. The van der Waals surface area contributed by atoms with E-state index in [4.69, 9.17) is 4.74 Å². The number of rotatable bonds is 2. The van der Waals surface area contributed by atoms with E-state index in [0.717, 1.165) is 26.1 Å². The normalized spacial score (nSPS) is 21.4. The summed E-state index contributed by atoms with van der Waals surface area (Å²) in [6, 6.07) is 10.6. The summed E-state index contributed by atoms with van der Waals surface area (Å²) in [5.74, 6) is 0. The molecular formula is C13H16N2O. The minimum Gasteiger partial charge on any atom is -0.375 e. The van der Waals surface area contributed by atoms with E-state index in [9.17, 15) is 0 Å². The number of nitrogens with one attached hydrogen (secondary N) is 2. The van der Waals surface area contributed by atoms with E-state index >= 15 is 0 Å². The molecule has 3 rings (SSSR count). The summed E-state index contributed by atoms with van der Waals surface area (Å²) in [6.07, 6.45) is 1.27. The Kier molecular flexibility index (Phi) is 2.64. The van der Waals surface area contributed by atoms with Crippen LogP contribution in [0.3, 0.4) is 0 Å². The predicted molar refractivity (Wildman–Crippen MR) is 64.6 cm³/mol. The van der Waals surface area contributed by atoms with Gasteiger partial charge in [-0.05, 0) is 17.5 Å². The van der Waals surface area contributed by atoms with Gasteiger partial charge in [-0.2, -0.15) is 0 Å². The highest BCUT2D eigenvalue weighted by atomic mass is 16.5. The van der Waals surface area contributed by atoms with Crippen LogP contribution in [-0.2, 0) is 11.2 Å². The Morgan fingerprint density at radius 3 is 3.06 bits per heavy atom. The van der Waals surface area contributed by atoms with E-state index in [1.54, 1.807) is 0 Å². The van der Waals surface area contributed by atoms with E-state index in [0.29, 0.717) is 6.10 Å². The van der Waals surface area contributed by atoms with Crippen LogP contribution in [0.15, 0.2) is 30.3 Å². The third-order valence-corrected chi connectivity index (χ3v) is 3.04. The Balaban J connectivity index is 1.78. The molecule has 0 saturated carbocycles. The first-order valence-electron chi connectivity index (χ1n) is 5.81. The van der Waals surface area contributed by atoms with E-state index in [1.165, 1.54) is 16.6 Å². The lowest BCUT2D eigenvalue weighted by atomic mass is 10.1. The van der Waals surface area contributed by atoms with E-state index in [2.05, 4.69) is 40.6 Å². The molecule has 16 heavy (non-hydrogen) atoms. The fourth-order valence-corrected chi connectivity index (χ4v) is 2.24. The van der Waals surface area contributed by atoms with Gasteiger partial charge in [-0.25, -0.2) is 0 Å². The van der Waals surface area contributed by atoms with Crippen LogP contribution in [0.25, 0.3) is 10.9 Å². The van der Waals surface area contributed by atoms with Gasteiger partial charge in [0.25, 0.3) is 0 Å². The molecule has 1 unspecified atom stereocenters. The average molecular weight is 216 g/mol. The molecule has 2 heterocycles. The van der Waals surface area contributed by atoms with E-state index in [-0.39, 0.29) is 0 Å². The van der Waals surface area contributed by atoms with Crippen LogP contribution in [0.1, 0.15) is 5.69 Å². The van der Waals surface area contributed by atoms with Gasteiger partial charge in [0.2, 0.25) is 0 Å². The Hall–Kier alpha value is -1.32. The van der Waals surface area contributed by atoms with Gasteiger partial charge in [-0.3, -0.25) is 0 Å². The molecule has 1 saturated heterocycles. The Morgan fingerprint density at radius 1 is 1.31 bits per heavy atom.